The summed E-state index contributed by atoms with van der Waals surface area (Å²) in [6.45, 7) is 7.60. The first-order valence-corrected chi connectivity index (χ1v) is 9.55. The Kier molecular flexibility index (Phi) is 5.46. The SMILES string of the molecule is CC(C)N1CCc2cc(C(=O)Nc3cccc(Br)c3Cl)ncc2C1C. The van der Waals surface area contributed by atoms with Gasteiger partial charge in [0.2, 0.25) is 0 Å². The summed E-state index contributed by atoms with van der Waals surface area (Å²) in [5, 5.41) is 3.32. The van der Waals surface area contributed by atoms with Crippen molar-refractivity contribution in [2.45, 2.75) is 39.3 Å². The van der Waals surface area contributed by atoms with Gasteiger partial charge in [0.05, 0.1) is 10.7 Å². The number of nitrogens with zero attached hydrogens (tertiary/aromatic N) is 2. The molecule has 6 heteroatoms. The fourth-order valence-corrected chi connectivity index (χ4v) is 3.88. The number of carbonyl (C=O) groups excluding carboxylic acids is 1. The van der Waals surface area contributed by atoms with Crippen molar-refractivity contribution in [2.75, 3.05) is 11.9 Å². The highest BCUT2D eigenvalue weighted by molar-refractivity contribution is 9.10. The molecule has 1 aliphatic rings. The Hall–Kier alpha value is -1.43. The smallest absolute Gasteiger partial charge is 0.274 e. The number of hydrogen-bond acceptors (Lipinski definition) is 3. The van der Waals surface area contributed by atoms with Crippen molar-refractivity contribution in [1.29, 1.82) is 0 Å². The molecular formula is C19H21BrClN3O. The van der Waals surface area contributed by atoms with Crippen molar-refractivity contribution in [3.63, 3.8) is 0 Å². The summed E-state index contributed by atoms with van der Waals surface area (Å²) >= 11 is 9.58. The van der Waals surface area contributed by atoms with E-state index in [4.69, 9.17) is 11.6 Å². The van der Waals surface area contributed by atoms with Crippen LogP contribution in [0.5, 0.6) is 0 Å². The highest BCUT2D eigenvalue weighted by atomic mass is 79.9. The van der Waals surface area contributed by atoms with E-state index >= 15 is 0 Å². The van der Waals surface area contributed by atoms with Gasteiger partial charge in [0.1, 0.15) is 5.69 Å². The number of aromatic nitrogens is 1. The van der Waals surface area contributed by atoms with Crippen LogP contribution < -0.4 is 5.32 Å². The van der Waals surface area contributed by atoms with Gasteiger partial charge in [-0.3, -0.25) is 14.7 Å². The first-order chi connectivity index (χ1) is 11.9. The van der Waals surface area contributed by atoms with Gasteiger partial charge < -0.3 is 5.32 Å². The number of carbonyl (C=O) groups is 1. The van der Waals surface area contributed by atoms with E-state index in [2.05, 4.69) is 51.9 Å². The van der Waals surface area contributed by atoms with Crippen molar-refractivity contribution in [2.24, 2.45) is 0 Å². The van der Waals surface area contributed by atoms with Crippen molar-refractivity contribution >= 4 is 39.1 Å². The van der Waals surface area contributed by atoms with Crippen molar-refractivity contribution < 1.29 is 4.79 Å². The maximum Gasteiger partial charge on any atom is 0.274 e. The largest absolute Gasteiger partial charge is 0.319 e. The van der Waals surface area contributed by atoms with Crippen LogP contribution in [0, 0.1) is 0 Å². The molecule has 0 radical (unpaired) electrons. The number of halogens is 2. The first-order valence-electron chi connectivity index (χ1n) is 8.38. The predicted octanol–water partition coefficient (Wildman–Crippen LogP) is 5.08. The molecular weight excluding hydrogens is 402 g/mol. The molecule has 132 valence electrons. The highest BCUT2D eigenvalue weighted by Crippen LogP contribution is 2.32. The summed E-state index contributed by atoms with van der Waals surface area (Å²) in [7, 11) is 0. The zero-order chi connectivity index (χ0) is 18.1. The molecule has 1 N–H and O–H groups in total. The van der Waals surface area contributed by atoms with Gasteiger partial charge >= 0.3 is 0 Å². The van der Waals surface area contributed by atoms with Gasteiger partial charge in [0.25, 0.3) is 5.91 Å². The molecule has 0 spiro atoms. The number of rotatable bonds is 3. The van der Waals surface area contributed by atoms with Crippen LogP contribution in [0.1, 0.15) is 48.4 Å². The van der Waals surface area contributed by atoms with Crippen LogP contribution in [-0.4, -0.2) is 28.4 Å². The number of benzene rings is 1. The number of nitrogens with one attached hydrogen (secondary N) is 1. The lowest BCUT2D eigenvalue weighted by Crippen LogP contribution is -2.39. The molecule has 0 aliphatic carbocycles. The summed E-state index contributed by atoms with van der Waals surface area (Å²) in [5.74, 6) is -0.248. The lowest BCUT2D eigenvalue weighted by molar-refractivity contribution is 0.102. The third-order valence-electron chi connectivity index (χ3n) is 4.71. The van der Waals surface area contributed by atoms with Crippen molar-refractivity contribution in [1.82, 2.24) is 9.88 Å². The van der Waals surface area contributed by atoms with Crippen LogP contribution >= 0.6 is 27.5 Å². The molecule has 0 saturated carbocycles. The third-order valence-corrected chi connectivity index (χ3v) is 6.00. The van der Waals surface area contributed by atoms with Crippen molar-refractivity contribution in [3.05, 3.63) is 56.8 Å². The number of fused-ring (bicyclic) bond motifs is 1. The fraction of sp³-hybridized carbons (Fsp3) is 0.368. The van der Waals surface area contributed by atoms with Gasteiger partial charge in [-0.15, -0.1) is 0 Å². The molecule has 4 nitrogen and oxygen atoms in total. The maximum absolute atomic E-state index is 12.6. The van der Waals surface area contributed by atoms with Crippen LogP contribution in [-0.2, 0) is 6.42 Å². The van der Waals surface area contributed by atoms with E-state index in [1.54, 1.807) is 6.07 Å². The Balaban J connectivity index is 1.83. The molecule has 2 aromatic rings. The summed E-state index contributed by atoms with van der Waals surface area (Å²) < 4.78 is 0.743. The standard InChI is InChI=1S/C19H21BrClN3O/c1-11(2)24-8-7-13-9-17(22-10-14(13)12(24)3)19(25)23-16-6-4-5-15(20)18(16)21/h4-6,9-12H,7-8H2,1-3H3,(H,23,25). The van der Waals surface area contributed by atoms with E-state index in [0.29, 0.717) is 28.5 Å². The van der Waals surface area contributed by atoms with E-state index in [1.807, 2.05) is 24.4 Å². The van der Waals surface area contributed by atoms with Gasteiger partial charge in [-0.1, -0.05) is 17.7 Å². The third kappa shape index (κ3) is 3.73. The van der Waals surface area contributed by atoms with Gasteiger partial charge in [0, 0.05) is 29.3 Å². The molecule has 25 heavy (non-hydrogen) atoms. The van der Waals surface area contributed by atoms with Crippen molar-refractivity contribution in [3.8, 4) is 0 Å². The van der Waals surface area contributed by atoms with E-state index < -0.39 is 0 Å². The molecule has 1 amide bonds. The zero-order valence-corrected chi connectivity index (χ0v) is 16.9. The fourth-order valence-electron chi connectivity index (χ4n) is 3.34. The predicted molar refractivity (Wildman–Crippen MR) is 105 cm³/mol. The molecule has 0 bridgehead atoms. The Morgan fingerprint density at radius 1 is 1.44 bits per heavy atom. The summed E-state index contributed by atoms with van der Waals surface area (Å²) in [5.41, 5.74) is 3.39. The number of hydrogen-bond donors (Lipinski definition) is 1. The number of anilines is 1. The van der Waals surface area contributed by atoms with Gasteiger partial charge in [-0.25, -0.2) is 0 Å². The van der Waals surface area contributed by atoms with Crippen LogP contribution in [0.3, 0.4) is 0 Å². The summed E-state index contributed by atoms with van der Waals surface area (Å²) in [6, 6.07) is 8.14. The molecule has 0 fully saturated rings. The monoisotopic (exact) mass is 421 g/mol. The van der Waals surface area contributed by atoms with Gasteiger partial charge in [0.15, 0.2) is 0 Å². The van der Waals surface area contributed by atoms with E-state index in [1.165, 1.54) is 11.1 Å². The molecule has 1 atom stereocenters. The van der Waals surface area contributed by atoms with E-state index in [9.17, 15) is 4.79 Å². The minimum atomic E-state index is -0.248. The normalized spacial score (nSPS) is 17.4. The summed E-state index contributed by atoms with van der Waals surface area (Å²) in [4.78, 5) is 19.4. The molecule has 1 aromatic heterocycles. The molecule has 3 rings (SSSR count). The Morgan fingerprint density at radius 2 is 2.20 bits per heavy atom. The molecule has 1 aliphatic heterocycles. The minimum absolute atomic E-state index is 0.248. The van der Waals surface area contributed by atoms with E-state index in [0.717, 1.165) is 17.4 Å². The second-order valence-electron chi connectivity index (χ2n) is 6.58. The summed E-state index contributed by atoms with van der Waals surface area (Å²) in [6.07, 6.45) is 2.77. The topological polar surface area (TPSA) is 45.2 Å². The molecule has 0 saturated heterocycles. The lowest BCUT2D eigenvalue weighted by Gasteiger charge is -2.37. The second kappa shape index (κ2) is 7.44. The average Bonchev–Trinajstić information content (AvgIpc) is 2.58. The van der Waals surface area contributed by atoms with Crippen LogP contribution in [0.15, 0.2) is 34.9 Å². The minimum Gasteiger partial charge on any atom is -0.319 e. The van der Waals surface area contributed by atoms with Crippen LogP contribution in [0.4, 0.5) is 5.69 Å². The number of amides is 1. The Bertz CT molecular complexity index is 809. The first kappa shape index (κ1) is 18.4. The molecule has 1 aromatic carbocycles. The van der Waals surface area contributed by atoms with E-state index in [-0.39, 0.29) is 5.91 Å². The quantitative estimate of drug-likeness (QED) is 0.750. The maximum atomic E-state index is 12.6. The molecule has 1 unspecified atom stereocenters. The second-order valence-corrected chi connectivity index (χ2v) is 7.81. The molecule has 2 heterocycles. The Labute approximate surface area is 161 Å². The van der Waals surface area contributed by atoms with Gasteiger partial charge in [-0.05, 0) is 72.4 Å². The average molecular weight is 423 g/mol. The Morgan fingerprint density at radius 3 is 2.92 bits per heavy atom. The number of pyridine rings is 1. The van der Waals surface area contributed by atoms with Crippen LogP contribution in [0.2, 0.25) is 5.02 Å². The zero-order valence-electron chi connectivity index (χ0n) is 14.5. The highest BCUT2D eigenvalue weighted by Gasteiger charge is 2.26. The van der Waals surface area contributed by atoms with Gasteiger partial charge in [-0.2, -0.15) is 0 Å². The van der Waals surface area contributed by atoms with Crippen LogP contribution in [0.25, 0.3) is 0 Å². The lowest BCUT2D eigenvalue weighted by atomic mass is 9.93.